The number of anilines is 2. The first-order chi connectivity index (χ1) is 13.7. The number of nitrogens with one attached hydrogen (secondary N) is 1. The van der Waals surface area contributed by atoms with E-state index >= 15 is 4.39 Å². The molecule has 4 N–H and O–H groups in total. The van der Waals surface area contributed by atoms with Crippen molar-refractivity contribution >= 4 is 28.4 Å². The van der Waals surface area contributed by atoms with E-state index in [1.165, 1.54) is 10.9 Å². The van der Waals surface area contributed by atoms with Crippen molar-refractivity contribution in [1.82, 2.24) is 9.99 Å². The molecular formula is C18H22FN5O5. The number of rotatable bonds is 2. The van der Waals surface area contributed by atoms with E-state index < -0.39 is 23.2 Å². The van der Waals surface area contributed by atoms with Gasteiger partial charge >= 0.3 is 6.16 Å². The molecule has 0 radical (unpaired) electrons. The van der Waals surface area contributed by atoms with Crippen LogP contribution >= 0.6 is 0 Å². The Morgan fingerprint density at radius 2 is 2.03 bits per heavy atom. The number of pyridine rings is 1. The Balaban J connectivity index is 2.04. The van der Waals surface area contributed by atoms with E-state index in [1.54, 1.807) is 12.1 Å². The molecule has 0 aliphatic carbocycles. The van der Waals surface area contributed by atoms with Crippen LogP contribution in [-0.2, 0) is 0 Å². The molecule has 1 aromatic carbocycles. The van der Waals surface area contributed by atoms with E-state index in [4.69, 9.17) is 15.6 Å². The number of nitrogen functional groups attached to an aromatic ring is 1. The van der Waals surface area contributed by atoms with Crippen LogP contribution in [0.15, 0.2) is 11.0 Å². The molecule has 2 unspecified atom stereocenters. The zero-order valence-corrected chi connectivity index (χ0v) is 16.2. The summed E-state index contributed by atoms with van der Waals surface area (Å²) in [5.74, 6) is -1.03. The van der Waals surface area contributed by atoms with E-state index in [1.807, 2.05) is 18.7 Å². The number of nitrogens with zero attached hydrogens (tertiary/aromatic N) is 3. The molecular weight excluding hydrogens is 385 g/mol. The van der Waals surface area contributed by atoms with Gasteiger partial charge in [0, 0.05) is 32.2 Å². The van der Waals surface area contributed by atoms with E-state index in [-0.39, 0.29) is 46.8 Å². The van der Waals surface area contributed by atoms with Gasteiger partial charge in [0.05, 0.1) is 17.3 Å². The van der Waals surface area contributed by atoms with Gasteiger partial charge in [0.15, 0.2) is 18.3 Å². The van der Waals surface area contributed by atoms with Crippen molar-refractivity contribution in [3.05, 3.63) is 22.2 Å². The lowest BCUT2D eigenvalue weighted by Crippen LogP contribution is -2.54. The average Bonchev–Trinajstić information content (AvgIpc) is 2.62. The van der Waals surface area contributed by atoms with E-state index in [9.17, 15) is 9.59 Å². The minimum Gasteiger partial charge on any atom is -0.467 e. The molecule has 2 atom stereocenters. The highest BCUT2D eigenvalue weighted by Crippen LogP contribution is 2.44. The molecule has 156 valence electrons. The van der Waals surface area contributed by atoms with Crippen molar-refractivity contribution in [2.24, 2.45) is 0 Å². The van der Waals surface area contributed by atoms with Crippen molar-refractivity contribution in [3.63, 3.8) is 0 Å². The van der Waals surface area contributed by atoms with Crippen molar-refractivity contribution < 1.29 is 23.8 Å². The lowest BCUT2D eigenvalue weighted by molar-refractivity contribution is 0.143. The van der Waals surface area contributed by atoms with Crippen molar-refractivity contribution in [2.75, 3.05) is 42.5 Å². The third-order valence-electron chi connectivity index (χ3n) is 5.13. The smallest absolute Gasteiger partial charge is 0.467 e. The zero-order chi connectivity index (χ0) is 21.0. The summed E-state index contributed by atoms with van der Waals surface area (Å²) in [6.45, 7) is 5.11. The number of nitrogens with two attached hydrogens (primary N) is 1. The largest absolute Gasteiger partial charge is 0.511 e. The van der Waals surface area contributed by atoms with E-state index in [0.717, 1.165) is 0 Å². The first-order valence-corrected chi connectivity index (χ1v) is 9.15. The third-order valence-corrected chi connectivity index (χ3v) is 5.13. The van der Waals surface area contributed by atoms with Crippen LogP contribution in [0.1, 0.15) is 13.8 Å². The maximum absolute atomic E-state index is 15.5. The summed E-state index contributed by atoms with van der Waals surface area (Å²) < 4.78 is 27.4. The van der Waals surface area contributed by atoms with Crippen molar-refractivity contribution in [2.45, 2.75) is 25.9 Å². The standard InChI is InChI=1S/C18H22FN5O5/c1-8-4-23(5-9(2)21-8)15-12(19)13(20)11-14-17(15)28-7-22(3)24(14)6-10(16(11)25)29-18(26)27/h6,8-9,21H,4-5,7,20H2,1-3H3,(H,26,27). The highest BCUT2D eigenvalue weighted by Gasteiger charge is 2.34. The number of carboxylic acid groups (broad SMARTS) is 1. The van der Waals surface area contributed by atoms with Gasteiger partial charge in [-0.2, -0.15) is 0 Å². The number of carbonyl (C=O) groups is 1. The molecule has 10 nitrogen and oxygen atoms in total. The van der Waals surface area contributed by atoms with Gasteiger partial charge < -0.3 is 30.5 Å². The van der Waals surface area contributed by atoms with Crippen molar-refractivity contribution in [1.29, 1.82) is 0 Å². The number of hydrogen-bond donors (Lipinski definition) is 3. The minimum absolute atomic E-state index is 0.0606. The second kappa shape index (κ2) is 6.69. The van der Waals surface area contributed by atoms with E-state index in [0.29, 0.717) is 13.1 Å². The monoisotopic (exact) mass is 407 g/mol. The number of benzene rings is 1. The van der Waals surface area contributed by atoms with E-state index in [2.05, 4.69) is 10.1 Å². The molecule has 2 aromatic rings. The lowest BCUT2D eigenvalue weighted by atomic mass is 10.1. The summed E-state index contributed by atoms with van der Waals surface area (Å²) in [6.07, 6.45) is -0.404. The average molecular weight is 407 g/mol. The second-order valence-corrected chi connectivity index (χ2v) is 7.47. The molecule has 2 aliphatic heterocycles. The molecule has 29 heavy (non-hydrogen) atoms. The van der Waals surface area contributed by atoms with Crippen LogP contribution in [-0.4, -0.2) is 54.9 Å². The lowest BCUT2D eigenvalue weighted by Gasteiger charge is -2.40. The maximum Gasteiger partial charge on any atom is 0.511 e. The van der Waals surface area contributed by atoms with Gasteiger partial charge in [-0.05, 0) is 13.8 Å². The molecule has 0 saturated carbocycles. The Morgan fingerprint density at radius 3 is 2.66 bits per heavy atom. The van der Waals surface area contributed by atoms with Crippen LogP contribution < -0.4 is 35.9 Å². The topological polar surface area (TPSA) is 122 Å². The van der Waals surface area contributed by atoms with Gasteiger partial charge in [0.25, 0.3) is 0 Å². The molecule has 1 aromatic heterocycles. The fourth-order valence-electron chi connectivity index (χ4n) is 4.08. The van der Waals surface area contributed by atoms with Crippen LogP contribution in [0, 0.1) is 5.82 Å². The Labute approximate surface area is 165 Å². The summed E-state index contributed by atoms with van der Waals surface area (Å²) in [5.41, 5.74) is 5.33. The first-order valence-electron chi connectivity index (χ1n) is 9.15. The summed E-state index contributed by atoms with van der Waals surface area (Å²) >= 11 is 0. The van der Waals surface area contributed by atoms with Gasteiger partial charge in [-0.25, -0.2) is 9.18 Å². The molecule has 3 heterocycles. The van der Waals surface area contributed by atoms with Gasteiger partial charge in [-0.15, -0.1) is 0 Å². The third kappa shape index (κ3) is 2.97. The first kappa shape index (κ1) is 19.1. The zero-order valence-electron chi connectivity index (χ0n) is 16.2. The molecule has 0 spiro atoms. The molecule has 2 aliphatic rings. The normalized spacial score (nSPS) is 21.2. The number of ether oxygens (including phenoxy) is 2. The maximum atomic E-state index is 15.5. The summed E-state index contributed by atoms with van der Waals surface area (Å²) in [6, 6.07) is 0.226. The Hall–Kier alpha value is -3.21. The van der Waals surface area contributed by atoms with Crippen LogP contribution in [0.4, 0.5) is 20.6 Å². The fourth-order valence-corrected chi connectivity index (χ4v) is 4.08. The summed E-state index contributed by atoms with van der Waals surface area (Å²) in [7, 11) is 1.67. The number of aromatic nitrogens is 1. The highest BCUT2D eigenvalue weighted by molar-refractivity contribution is 6.01. The Bertz CT molecular complexity index is 1060. The van der Waals surface area contributed by atoms with Gasteiger partial charge in [0.2, 0.25) is 11.2 Å². The number of hydrogen-bond acceptors (Lipinski definition) is 8. The Morgan fingerprint density at radius 1 is 1.38 bits per heavy atom. The summed E-state index contributed by atoms with van der Waals surface area (Å²) in [4.78, 5) is 25.7. The summed E-state index contributed by atoms with van der Waals surface area (Å²) in [5, 5.41) is 13.7. The van der Waals surface area contributed by atoms with Crippen LogP contribution in [0.2, 0.25) is 0 Å². The minimum atomic E-state index is -1.65. The molecule has 0 bridgehead atoms. The molecule has 1 fully saturated rings. The fraction of sp³-hybridized carbons (Fsp3) is 0.444. The predicted octanol–water partition coefficient (Wildman–Crippen LogP) is 0.884. The molecule has 11 heteroatoms. The van der Waals surface area contributed by atoms with Crippen LogP contribution in [0.25, 0.3) is 10.9 Å². The highest BCUT2D eigenvalue weighted by atomic mass is 19.1. The van der Waals surface area contributed by atoms with Gasteiger partial charge in [-0.1, -0.05) is 0 Å². The Kier molecular flexibility index (Phi) is 4.41. The van der Waals surface area contributed by atoms with Gasteiger partial charge in [0.1, 0.15) is 11.2 Å². The SMILES string of the molecule is CC1CN(c2c(F)c(N)c3c(=O)c(OC(=O)O)cn4c3c2OCN4C)CC(C)N1. The number of halogens is 1. The predicted molar refractivity (Wildman–Crippen MR) is 105 cm³/mol. The van der Waals surface area contributed by atoms with Crippen LogP contribution in [0.3, 0.4) is 0 Å². The quantitative estimate of drug-likeness (QED) is 0.492. The molecule has 4 rings (SSSR count). The second-order valence-electron chi connectivity index (χ2n) is 7.47. The molecule has 1 saturated heterocycles. The van der Waals surface area contributed by atoms with Crippen LogP contribution in [0.5, 0.6) is 11.5 Å². The van der Waals surface area contributed by atoms with Gasteiger partial charge in [-0.3, -0.25) is 14.5 Å². The van der Waals surface area contributed by atoms with Crippen molar-refractivity contribution in [3.8, 4) is 11.5 Å². The number of piperazine rings is 1. The molecule has 0 amide bonds.